The van der Waals surface area contributed by atoms with Crippen molar-refractivity contribution in [2.75, 3.05) is 6.61 Å². The maximum absolute atomic E-state index is 13.2. The average molecular weight is 775 g/mol. The molecule has 0 aliphatic carbocycles. The Morgan fingerprint density at radius 2 is 0.982 bits per heavy atom. The Morgan fingerprint density at radius 1 is 0.561 bits per heavy atom. The lowest BCUT2D eigenvalue weighted by Crippen LogP contribution is -2.58. The van der Waals surface area contributed by atoms with E-state index in [0.717, 1.165) is 29.2 Å². The van der Waals surface area contributed by atoms with E-state index < -0.39 is 54.0 Å². The molecule has 0 aromatic heterocycles. The number of carbonyl (C=O) groups is 3. The van der Waals surface area contributed by atoms with Gasteiger partial charge in [0.1, 0.15) is 53.3 Å². The monoisotopic (exact) mass is 774 g/mol. The minimum absolute atomic E-state index is 0.0101. The predicted octanol–water partition coefficient (Wildman–Crippen LogP) is 7.86. The third kappa shape index (κ3) is 11.0. The number of phenols is 1. The van der Waals surface area contributed by atoms with Gasteiger partial charge in [-0.2, -0.15) is 0 Å². The van der Waals surface area contributed by atoms with Crippen molar-refractivity contribution in [2.24, 2.45) is 0 Å². The first kappa shape index (κ1) is 41.0. The van der Waals surface area contributed by atoms with Crippen LogP contribution in [0.15, 0.2) is 127 Å². The van der Waals surface area contributed by atoms with Crippen molar-refractivity contribution < 1.29 is 52.6 Å². The van der Waals surface area contributed by atoms with Gasteiger partial charge in [0.15, 0.2) is 5.78 Å². The molecule has 296 valence electrons. The fourth-order valence-corrected chi connectivity index (χ4v) is 6.75. The fraction of sp³-hybridized carbons (Fsp3) is 0.283. The maximum Gasteiger partial charge on any atom is 0.308 e. The lowest BCUT2D eigenvalue weighted by molar-refractivity contribution is -0.275. The Balaban J connectivity index is 1.50. The highest BCUT2D eigenvalue weighted by molar-refractivity contribution is 6.01. The van der Waals surface area contributed by atoms with Gasteiger partial charge in [-0.15, -0.1) is 0 Å². The summed E-state index contributed by atoms with van der Waals surface area (Å²) in [6.45, 7) is 4.28. The molecule has 1 aliphatic heterocycles. The smallest absolute Gasteiger partial charge is 0.308 e. The number of ether oxygens (including phenoxy) is 7. The van der Waals surface area contributed by atoms with Crippen molar-refractivity contribution in [1.29, 1.82) is 0 Å². The molecule has 5 aromatic carbocycles. The molecular weight excluding hydrogens is 728 g/mol. The quantitative estimate of drug-likeness (QED) is 0.0562. The molecular formula is C46H46O11. The minimum atomic E-state index is -1.25. The van der Waals surface area contributed by atoms with Crippen LogP contribution >= 0.6 is 0 Å². The van der Waals surface area contributed by atoms with E-state index in [4.69, 9.17) is 33.2 Å². The van der Waals surface area contributed by atoms with Crippen molar-refractivity contribution in [3.8, 4) is 17.2 Å². The normalized spacial score (nSPS) is 19.1. The number of hydrogen-bond acceptors (Lipinski definition) is 11. The molecule has 1 fully saturated rings. The highest BCUT2D eigenvalue weighted by atomic mass is 16.6. The number of carbonyl (C=O) groups excluding carboxylic acids is 3. The van der Waals surface area contributed by atoms with Crippen LogP contribution in [0.3, 0.4) is 0 Å². The van der Waals surface area contributed by atoms with Gasteiger partial charge in [0, 0.05) is 19.9 Å². The molecule has 57 heavy (non-hydrogen) atoms. The third-order valence-corrected chi connectivity index (χ3v) is 9.29. The molecule has 0 bridgehead atoms. The van der Waals surface area contributed by atoms with E-state index in [-0.39, 0.29) is 55.7 Å². The third-order valence-electron chi connectivity index (χ3n) is 9.29. The summed E-state index contributed by atoms with van der Waals surface area (Å²) >= 11 is 0. The van der Waals surface area contributed by atoms with E-state index in [1.807, 2.05) is 121 Å². The van der Waals surface area contributed by atoms with E-state index in [1.54, 1.807) is 0 Å². The summed E-state index contributed by atoms with van der Waals surface area (Å²) < 4.78 is 44.6. The van der Waals surface area contributed by atoms with Crippen LogP contribution in [0.5, 0.6) is 17.2 Å². The number of aromatic hydroxyl groups is 1. The Bertz CT molecular complexity index is 2070. The van der Waals surface area contributed by atoms with Crippen molar-refractivity contribution in [3.63, 3.8) is 0 Å². The largest absolute Gasteiger partial charge is 0.507 e. The number of ketones is 1. The van der Waals surface area contributed by atoms with Crippen molar-refractivity contribution in [3.05, 3.63) is 161 Å². The summed E-state index contributed by atoms with van der Waals surface area (Å²) in [7, 11) is 0. The summed E-state index contributed by atoms with van der Waals surface area (Å²) in [5, 5.41) is 12.1. The highest BCUT2D eigenvalue weighted by Crippen LogP contribution is 2.49. The molecule has 1 heterocycles. The molecule has 0 amide bonds. The number of rotatable bonds is 17. The molecule has 1 saturated heterocycles. The van der Waals surface area contributed by atoms with E-state index in [2.05, 4.69) is 0 Å². The summed E-state index contributed by atoms with van der Waals surface area (Å²) in [4.78, 5) is 38.0. The van der Waals surface area contributed by atoms with Crippen LogP contribution in [0.4, 0.5) is 0 Å². The first-order valence-corrected chi connectivity index (χ1v) is 18.7. The molecule has 0 radical (unpaired) electrons. The topological polar surface area (TPSA) is 136 Å². The van der Waals surface area contributed by atoms with Crippen LogP contribution < -0.4 is 9.47 Å². The molecule has 5 atom stereocenters. The van der Waals surface area contributed by atoms with Crippen LogP contribution in [0.25, 0.3) is 0 Å². The van der Waals surface area contributed by atoms with Crippen molar-refractivity contribution in [2.45, 2.75) is 77.7 Å². The van der Waals surface area contributed by atoms with E-state index >= 15 is 0 Å². The first-order chi connectivity index (χ1) is 27.7. The van der Waals surface area contributed by atoms with Crippen LogP contribution in [0, 0.1) is 0 Å². The molecule has 1 aliphatic rings. The zero-order chi connectivity index (χ0) is 40.1. The average Bonchev–Trinajstić information content (AvgIpc) is 3.20. The second kappa shape index (κ2) is 19.9. The number of hydrogen-bond donors (Lipinski definition) is 1. The predicted molar refractivity (Wildman–Crippen MR) is 209 cm³/mol. The van der Waals surface area contributed by atoms with Gasteiger partial charge in [-0.1, -0.05) is 121 Å². The van der Waals surface area contributed by atoms with Crippen molar-refractivity contribution in [1.82, 2.24) is 0 Å². The molecule has 1 N–H and O–H groups in total. The maximum atomic E-state index is 13.2. The van der Waals surface area contributed by atoms with Gasteiger partial charge in [0.2, 0.25) is 0 Å². The second-order valence-corrected chi connectivity index (χ2v) is 13.6. The summed E-state index contributed by atoms with van der Waals surface area (Å²) in [5.74, 6) is -3.19. The summed E-state index contributed by atoms with van der Waals surface area (Å²) in [6, 6.07) is 39.7. The van der Waals surface area contributed by atoms with Gasteiger partial charge in [-0.05, 0) is 29.2 Å². The molecule has 0 spiro atoms. The zero-order valence-electron chi connectivity index (χ0n) is 32.1. The number of esters is 2. The van der Waals surface area contributed by atoms with Crippen LogP contribution in [-0.4, -0.2) is 53.9 Å². The van der Waals surface area contributed by atoms with Gasteiger partial charge >= 0.3 is 11.9 Å². The lowest BCUT2D eigenvalue weighted by Gasteiger charge is -2.46. The standard InChI is InChI=1S/C46H46O11/c1-30(47)40-37(55-31(2)48)24-38(56-32(3)49)41(42(40)50)44-46(54-28-36-22-14-7-15-23-36)45(53-27-35-20-12-6-13-21-35)43(52-26-34-18-10-5-11-19-34)39(57-44)29-51-25-33-16-8-4-9-17-33/h4-24,39,43-46,50H,25-29H2,1-3H3. The van der Waals surface area contributed by atoms with Gasteiger partial charge in [-0.25, -0.2) is 0 Å². The first-order valence-electron chi connectivity index (χ1n) is 18.7. The fourth-order valence-electron chi connectivity index (χ4n) is 6.75. The van der Waals surface area contributed by atoms with Crippen molar-refractivity contribution >= 4 is 17.7 Å². The summed E-state index contributed by atoms with van der Waals surface area (Å²) in [6.07, 6.45) is -4.89. The van der Waals surface area contributed by atoms with Gasteiger partial charge < -0.3 is 38.3 Å². The number of benzene rings is 5. The second-order valence-electron chi connectivity index (χ2n) is 13.6. The number of Topliss-reactive ketones (excluding diaryl/α,β-unsaturated/α-hetero) is 1. The molecule has 5 unspecified atom stereocenters. The van der Waals surface area contributed by atoms with E-state index in [9.17, 15) is 19.5 Å². The van der Waals surface area contributed by atoms with Gasteiger partial charge in [0.05, 0.1) is 38.6 Å². The van der Waals surface area contributed by atoms with E-state index in [0.29, 0.717) is 0 Å². The van der Waals surface area contributed by atoms with Crippen LogP contribution in [-0.2, 0) is 59.7 Å². The van der Waals surface area contributed by atoms with Crippen LogP contribution in [0.2, 0.25) is 0 Å². The molecule has 11 heteroatoms. The molecule has 6 rings (SSSR count). The SMILES string of the molecule is CC(=O)Oc1cc(OC(C)=O)c(C2OC(COCc3ccccc3)C(OCc3ccccc3)C(OCc3ccccc3)C2OCc2ccccc2)c(O)c1C(C)=O. The Morgan fingerprint density at radius 3 is 1.44 bits per heavy atom. The Labute approximate surface area is 332 Å². The van der Waals surface area contributed by atoms with E-state index in [1.165, 1.54) is 19.9 Å². The Hall–Kier alpha value is -5.69. The highest BCUT2D eigenvalue weighted by Gasteiger charge is 2.51. The van der Waals surface area contributed by atoms with Gasteiger partial charge in [-0.3, -0.25) is 14.4 Å². The zero-order valence-corrected chi connectivity index (χ0v) is 32.1. The minimum Gasteiger partial charge on any atom is -0.507 e. The molecule has 5 aromatic rings. The number of phenolic OH excluding ortho intramolecular Hbond substituents is 1. The molecule has 11 nitrogen and oxygen atoms in total. The lowest BCUT2D eigenvalue weighted by atomic mass is 9.88. The summed E-state index contributed by atoms with van der Waals surface area (Å²) in [5.41, 5.74) is 3.19. The van der Waals surface area contributed by atoms with Crippen LogP contribution in [0.1, 0.15) is 65.1 Å². The van der Waals surface area contributed by atoms with Gasteiger partial charge in [0.25, 0.3) is 0 Å². The Kier molecular flexibility index (Phi) is 14.3. The molecule has 0 saturated carbocycles.